The summed E-state index contributed by atoms with van der Waals surface area (Å²) in [5.41, 5.74) is 1.58. The number of imidazole rings is 1. The molecule has 2 saturated heterocycles. The molecule has 0 saturated carbocycles. The number of likely N-dealkylation sites (tertiary alicyclic amines) is 2. The number of hydrogen-bond donors (Lipinski definition) is 5. The van der Waals surface area contributed by atoms with Gasteiger partial charge in [-0.15, -0.1) is 0 Å². The van der Waals surface area contributed by atoms with Gasteiger partial charge in [0.2, 0.25) is 5.91 Å². The van der Waals surface area contributed by atoms with Gasteiger partial charge in [0.05, 0.1) is 11.5 Å². The topological polar surface area (TPSA) is 174 Å². The maximum atomic E-state index is 14.1. The lowest BCUT2D eigenvalue weighted by molar-refractivity contribution is -0.159. The number of piperidine rings is 2. The van der Waals surface area contributed by atoms with E-state index in [9.17, 15) is 19.2 Å². The number of carbonyl (C=O) groups excluding carboxylic acids is 4. The van der Waals surface area contributed by atoms with E-state index in [1.807, 2.05) is 59.6 Å². The van der Waals surface area contributed by atoms with Gasteiger partial charge in [-0.05, 0) is 110 Å². The second kappa shape index (κ2) is 20.3. The Bertz CT molecular complexity index is 2020. The Morgan fingerprint density at radius 1 is 0.883 bits per heavy atom. The molecular formula is C46H64N8O6. The predicted octanol–water partition coefficient (Wildman–Crippen LogP) is 7.04. The Hall–Kier alpha value is -5.37. The van der Waals surface area contributed by atoms with Gasteiger partial charge in [0.1, 0.15) is 24.1 Å². The number of aromatic amines is 2. The monoisotopic (exact) mass is 824 g/mol. The summed E-state index contributed by atoms with van der Waals surface area (Å²) in [6.07, 6.45) is 10.7. The molecule has 0 unspecified atom stereocenters. The van der Waals surface area contributed by atoms with Crippen molar-refractivity contribution < 1.29 is 28.7 Å². The van der Waals surface area contributed by atoms with E-state index in [0.717, 1.165) is 48.0 Å². The van der Waals surface area contributed by atoms with E-state index < -0.39 is 35.2 Å². The normalized spacial score (nSPS) is 16.5. The molecule has 5 N–H and O–H groups in total. The van der Waals surface area contributed by atoms with Gasteiger partial charge in [0.15, 0.2) is 0 Å². The van der Waals surface area contributed by atoms with Crippen molar-refractivity contribution in [2.24, 2.45) is 0 Å². The minimum absolute atomic E-state index is 0.133. The van der Waals surface area contributed by atoms with E-state index in [1.54, 1.807) is 40.8 Å². The molecule has 6 rings (SSSR count). The van der Waals surface area contributed by atoms with Gasteiger partial charge in [-0.1, -0.05) is 55.0 Å². The van der Waals surface area contributed by atoms with E-state index >= 15 is 0 Å². The van der Waals surface area contributed by atoms with Gasteiger partial charge >= 0.3 is 18.1 Å². The standard InChI is InChI=1S/C46H64N8O6/c1-45(2,3)60-41(55)37(20-12-13-23-47-44(58)59-31-32-16-8-6-9-17-32)50-42(56)46(4,5)39-30-49-40(52-39)38(28-33-29-48-36-19-11-10-18-35(33)36)51-43(57)54-26-21-34(22-27-54)53-24-14-7-15-25-53/h6,8-11,16-19,29-30,34,37-38,48H,7,12-15,20-28,31H2,1-5H3,(H,47,58)(H,49,52)(H,50,56)(H,51,57)/t37-,38-/m1/s1. The fourth-order valence-electron chi connectivity index (χ4n) is 8.05. The lowest BCUT2D eigenvalue weighted by atomic mass is 9.88. The molecule has 324 valence electrons. The van der Waals surface area contributed by atoms with Crippen LogP contribution in [0.5, 0.6) is 0 Å². The summed E-state index contributed by atoms with van der Waals surface area (Å²) in [4.78, 5) is 69.7. The first-order chi connectivity index (χ1) is 28.8. The van der Waals surface area contributed by atoms with E-state index in [4.69, 9.17) is 14.5 Å². The summed E-state index contributed by atoms with van der Waals surface area (Å²) >= 11 is 0. The summed E-state index contributed by atoms with van der Waals surface area (Å²) in [5.74, 6) is -0.384. The number of nitrogens with one attached hydrogen (secondary N) is 5. The van der Waals surface area contributed by atoms with Crippen molar-refractivity contribution in [1.29, 1.82) is 0 Å². The lowest BCUT2D eigenvalue weighted by Gasteiger charge is -2.40. The molecular weight excluding hydrogens is 761 g/mol. The highest BCUT2D eigenvalue weighted by molar-refractivity contribution is 5.91. The second-order valence-electron chi connectivity index (χ2n) is 17.7. The zero-order valence-electron chi connectivity index (χ0n) is 36.0. The number of nitrogens with zero attached hydrogens (tertiary/aromatic N) is 3. The summed E-state index contributed by atoms with van der Waals surface area (Å²) in [5, 5.41) is 10.1. The Balaban J connectivity index is 1.10. The Kier molecular flexibility index (Phi) is 14.9. The van der Waals surface area contributed by atoms with Crippen LogP contribution < -0.4 is 16.0 Å². The largest absolute Gasteiger partial charge is 0.458 e. The van der Waals surface area contributed by atoms with Crippen LogP contribution >= 0.6 is 0 Å². The number of ether oxygens (including phenoxy) is 2. The number of para-hydroxylation sites is 1. The molecule has 2 fully saturated rings. The summed E-state index contributed by atoms with van der Waals surface area (Å²) in [6.45, 7) is 13.1. The minimum Gasteiger partial charge on any atom is -0.458 e. The molecule has 2 aromatic carbocycles. The summed E-state index contributed by atoms with van der Waals surface area (Å²) < 4.78 is 11.0. The highest BCUT2D eigenvalue weighted by Crippen LogP contribution is 2.28. The lowest BCUT2D eigenvalue weighted by Crippen LogP contribution is -2.51. The zero-order chi connectivity index (χ0) is 42.7. The highest BCUT2D eigenvalue weighted by atomic mass is 16.6. The maximum Gasteiger partial charge on any atom is 0.407 e. The van der Waals surface area contributed by atoms with Crippen molar-refractivity contribution in [2.75, 3.05) is 32.7 Å². The fourth-order valence-corrected chi connectivity index (χ4v) is 8.05. The number of urea groups is 1. The maximum absolute atomic E-state index is 14.1. The molecule has 2 atom stereocenters. The molecule has 2 aliphatic heterocycles. The molecule has 0 radical (unpaired) electrons. The van der Waals surface area contributed by atoms with E-state index in [-0.39, 0.29) is 18.5 Å². The third-order valence-electron chi connectivity index (χ3n) is 11.6. The zero-order valence-corrected chi connectivity index (χ0v) is 36.0. The average molecular weight is 825 g/mol. The number of carbonyl (C=O) groups is 4. The summed E-state index contributed by atoms with van der Waals surface area (Å²) in [6, 6.07) is 16.5. The number of H-pyrrole nitrogens is 2. The van der Waals surface area contributed by atoms with Gasteiger partial charge in [0, 0.05) is 61.1 Å². The van der Waals surface area contributed by atoms with Crippen LogP contribution in [-0.2, 0) is 37.5 Å². The first-order valence-electron chi connectivity index (χ1n) is 21.6. The van der Waals surface area contributed by atoms with E-state index in [1.165, 1.54) is 19.3 Å². The van der Waals surface area contributed by atoms with Crippen LogP contribution in [0.1, 0.15) is 115 Å². The summed E-state index contributed by atoms with van der Waals surface area (Å²) in [7, 11) is 0. The Labute approximate surface area is 353 Å². The second-order valence-corrected chi connectivity index (χ2v) is 17.7. The highest BCUT2D eigenvalue weighted by Gasteiger charge is 2.37. The first-order valence-corrected chi connectivity index (χ1v) is 21.6. The first kappa shape index (κ1) is 44.2. The van der Waals surface area contributed by atoms with Crippen LogP contribution in [-0.4, -0.2) is 99.2 Å². The van der Waals surface area contributed by atoms with Crippen molar-refractivity contribution >= 4 is 34.9 Å². The van der Waals surface area contributed by atoms with Crippen LogP contribution in [0, 0.1) is 0 Å². The molecule has 14 heteroatoms. The molecule has 2 aliphatic rings. The van der Waals surface area contributed by atoms with Gasteiger partial charge in [-0.2, -0.15) is 0 Å². The molecule has 60 heavy (non-hydrogen) atoms. The van der Waals surface area contributed by atoms with Crippen molar-refractivity contribution in [3.63, 3.8) is 0 Å². The Morgan fingerprint density at radius 2 is 1.60 bits per heavy atom. The van der Waals surface area contributed by atoms with Gasteiger partial charge in [-0.25, -0.2) is 19.4 Å². The number of esters is 1. The number of rotatable bonds is 16. The van der Waals surface area contributed by atoms with Crippen molar-refractivity contribution in [3.05, 3.63) is 89.6 Å². The third-order valence-corrected chi connectivity index (χ3v) is 11.6. The quantitative estimate of drug-likeness (QED) is 0.0592. The molecule has 4 amide bonds. The van der Waals surface area contributed by atoms with Crippen molar-refractivity contribution in [2.45, 2.75) is 128 Å². The smallest absolute Gasteiger partial charge is 0.407 e. The molecule has 0 bridgehead atoms. The minimum atomic E-state index is -1.14. The average Bonchev–Trinajstić information content (AvgIpc) is 3.91. The third kappa shape index (κ3) is 12.1. The van der Waals surface area contributed by atoms with Gasteiger partial charge in [-0.3, -0.25) is 4.79 Å². The van der Waals surface area contributed by atoms with Crippen LogP contribution in [0.15, 0.2) is 67.0 Å². The number of benzene rings is 2. The number of unbranched alkanes of at least 4 members (excludes halogenated alkanes) is 1. The van der Waals surface area contributed by atoms with Crippen molar-refractivity contribution in [3.8, 4) is 0 Å². The Morgan fingerprint density at radius 3 is 2.33 bits per heavy atom. The number of fused-ring (bicyclic) bond motifs is 1. The predicted molar refractivity (Wildman–Crippen MR) is 231 cm³/mol. The van der Waals surface area contributed by atoms with Crippen LogP contribution in [0.3, 0.4) is 0 Å². The van der Waals surface area contributed by atoms with Crippen molar-refractivity contribution in [1.82, 2.24) is 40.7 Å². The van der Waals surface area contributed by atoms with Gasteiger partial charge in [0.25, 0.3) is 0 Å². The molecule has 2 aromatic heterocycles. The number of aromatic nitrogens is 3. The molecule has 4 aromatic rings. The molecule has 0 aliphatic carbocycles. The van der Waals surface area contributed by atoms with Crippen LogP contribution in [0.2, 0.25) is 0 Å². The number of amides is 4. The number of alkyl carbamates (subject to hydrolysis) is 1. The van der Waals surface area contributed by atoms with Gasteiger partial charge < -0.3 is 45.2 Å². The molecule has 14 nitrogen and oxygen atoms in total. The van der Waals surface area contributed by atoms with E-state index in [2.05, 4.69) is 36.9 Å². The number of hydrogen-bond acceptors (Lipinski definition) is 8. The van der Waals surface area contributed by atoms with Crippen LogP contribution in [0.4, 0.5) is 9.59 Å². The molecule has 4 heterocycles. The SMILES string of the molecule is CC(C)(C)OC(=O)[C@@H](CCCCNC(=O)OCc1ccccc1)NC(=O)C(C)(C)c1cnc([C@@H](Cc2c[nH]c3ccccc23)NC(=O)N2CCC(N3CCCCC3)CC2)[nH]1. The molecule has 0 spiro atoms. The van der Waals surface area contributed by atoms with Crippen LogP contribution in [0.25, 0.3) is 10.9 Å². The van der Waals surface area contributed by atoms with E-state index in [0.29, 0.717) is 62.9 Å². The fraction of sp³-hybridized carbons (Fsp3) is 0.543.